The van der Waals surface area contributed by atoms with Crippen LogP contribution in [0.25, 0.3) is 0 Å². The molecular formula is C7H10N4O2S. The highest BCUT2D eigenvalue weighted by Gasteiger charge is 2.10. The van der Waals surface area contributed by atoms with Crippen LogP contribution in [0, 0.1) is 10.1 Å². The summed E-state index contributed by atoms with van der Waals surface area (Å²) in [7, 11) is 3.34. The van der Waals surface area contributed by atoms with Crippen molar-refractivity contribution in [1.29, 1.82) is 0 Å². The summed E-state index contributed by atoms with van der Waals surface area (Å²) < 4.78 is 0. The average molecular weight is 214 g/mol. The molecule has 6 nitrogen and oxygen atoms in total. The number of thiazole rings is 1. The third kappa shape index (κ3) is 2.43. The monoisotopic (exact) mass is 214 g/mol. The maximum atomic E-state index is 10.3. The van der Waals surface area contributed by atoms with Gasteiger partial charge < -0.3 is 10.2 Å². The quantitative estimate of drug-likeness (QED) is 0.595. The Balaban J connectivity index is 2.86. The number of nitrogens with zero attached hydrogens (tertiary/aromatic N) is 3. The van der Waals surface area contributed by atoms with Crippen LogP contribution >= 0.6 is 11.3 Å². The second-order valence-electron chi connectivity index (χ2n) is 2.42. The van der Waals surface area contributed by atoms with Gasteiger partial charge in [-0.15, -0.1) is 11.3 Å². The number of hydrogen-bond donors (Lipinski definition) is 1. The first-order valence-corrected chi connectivity index (χ1v) is 4.69. The first kappa shape index (κ1) is 10.5. The summed E-state index contributed by atoms with van der Waals surface area (Å²) in [6.45, 7) is 0. The van der Waals surface area contributed by atoms with Crippen molar-refractivity contribution in [2.45, 2.75) is 0 Å². The van der Waals surface area contributed by atoms with Gasteiger partial charge in [-0.05, 0) is 0 Å². The predicted molar refractivity (Wildman–Crippen MR) is 54.7 cm³/mol. The van der Waals surface area contributed by atoms with Crippen molar-refractivity contribution in [1.82, 2.24) is 10.3 Å². The van der Waals surface area contributed by atoms with Gasteiger partial charge in [-0.25, -0.2) is 4.98 Å². The van der Waals surface area contributed by atoms with E-state index in [0.717, 1.165) is 6.20 Å². The van der Waals surface area contributed by atoms with Gasteiger partial charge in [-0.1, -0.05) is 0 Å². The number of anilines is 1. The molecular weight excluding hydrogens is 204 g/mol. The molecule has 1 heterocycles. The zero-order chi connectivity index (χ0) is 10.6. The molecule has 0 bridgehead atoms. The molecule has 0 aliphatic rings. The molecule has 0 spiro atoms. The van der Waals surface area contributed by atoms with Gasteiger partial charge in [0.05, 0.1) is 4.92 Å². The maximum Gasteiger partial charge on any atom is 0.274 e. The van der Waals surface area contributed by atoms with E-state index in [1.54, 1.807) is 25.2 Å². The summed E-state index contributed by atoms with van der Waals surface area (Å²) in [5.74, 6) is 0.393. The average Bonchev–Trinajstić information content (AvgIpc) is 2.65. The van der Waals surface area contributed by atoms with Crippen LogP contribution in [0.3, 0.4) is 0 Å². The van der Waals surface area contributed by atoms with Crippen LogP contribution in [-0.2, 0) is 0 Å². The second-order valence-corrected chi connectivity index (χ2v) is 3.30. The van der Waals surface area contributed by atoms with Gasteiger partial charge >= 0.3 is 0 Å². The molecule has 14 heavy (non-hydrogen) atoms. The van der Waals surface area contributed by atoms with E-state index in [1.165, 1.54) is 11.3 Å². The van der Waals surface area contributed by atoms with Crippen LogP contribution in [0.1, 0.15) is 0 Å². The summed E-state index contributed by atoms with van der Waals surface area (Å²) in [5, 5.41) is 15.5. The number of nitro groups is 1. The minimum Gasteiger partial charge on any atom is -0.369 e. The molecule has 76 valence electrons. The summed E-state index contributed by atoms with van der Waals surface area (Å²) in [6, 6.07) is 0. The van der Waals surface area contributed by atoms with Crippen LogP contribution in [0.15, 0.2) is 23.6 Å². The van der Waals surface area contributed by atoms with Crippen molar-refractivity contribution in [3.63, 3.8) is 0 Å². The lowest BCUT2D eigenvalue weighted by atomic mass is 10.6. The number of rotatable bonds is 4. The second kappa shape index (κ2) is 4.56. The Labute approximate surface area is 85.0 Å². The van der Waals surface area contributed by atoms with Gasteiger partial charge in [0.1, 0.15) is 0 Å². The summed E-state index contributed by atoms with van der Waals surface area (Å²) in [6.07, 6.45) is 2.55. The lowest BCUT2D eigenvalue weighted by Gasteiger charge is -2.16. The molecule has 1 N–H and O–H groups in total. The third-order valence-corrected chi connectivity index (χ3v) is 2.40. The van der Waals surface area contributed by atoms with E-state index in [2.05, 4.69) is 10.3 Å². The Morgan fingerprint density at radius 3 is 3.00 bits per heavy atom. The van der Waals surface area contributed by atoms with E-state index in [-0.39, 0.29) is 0 Å². The predicted octanol–water partition coefficient (Wildman–Crippen LogP) is 0.874. The normalized spacial score (nSPS) is 11.1. The van der Waals surface area contributed by atoms with E-state index in [1.807, 2.05) is 5.38 Å². The fourth-order valence-electron chi connectivity index (χ4n) is 0.903. The van der Waals surface area contributed by atoms with Crippen LogP contribution in [-0.4, -0.2) is 24.0 Å². The van der Waals surface area contributed by atoms with Crippen LogP contribution < -0.4 is 10.2 Å². The van der Waals surface area contributed by atoms with Crippen molar-refractivity contribution < 1.29 is 4.92 Å². The van der Waals surface area contributed by atoms with Crippen molar-refractivity contribution in [3.05, 3.63) is 33.7 Å². The molecule has 0 saturated heterocycles. The minimum atomic E-state index is -0.504. The van der Waals surface area contributed by atoms with Gasteiger partial charge in [-0.2, -0.15) is 0 Å². The van der Waals surface area contributed by atoms with E-state index < -0.39 is 4.92 Å². The van der Waals surface area contributed by atoms with E-state index >= 15 is 0 Å². The topological polar surface area (TPSA) is 71.3 Å². The van der Waals surface area contributed by atoms with Gasteiger partial charge in [0.25, 0.3) is 6.20 Å². The number of hydrogen-bond acceptors (Lipinski definition) is 6. The van der Waals surface area contributed by atoms with Crippen LogP contribution in [0.5, 0.6) is 0 Å². The molecule has 7 heteroatoms. The number of nitrogens with one attached hydrogen (secondary N) is 1. The molecule has 0 aliphatic heterocycles. The number of aromatic nitrogens is 1. The lowest BCUT2D eigenvalue weighted by Crippen LogP contribution is -2.26. The zero-order valence-electron chi connectivity index (χ0n) is 7.80. The Bertz CT molecular complexity index is 335. The zero-order valence-corrected chi connectivity index (χ0v) is 8.61. The largest absolute Gasteiger partial charge is 0.369 e. The van der Waals surface area contributed by atoms with E-state index in [9.17, 15) is 10.1 Å². The van der Waals surface area contributed by atoms with Gasteiger partial charge in [-0.3, -0.25) is 10.1 Å². The third-order valence-electron chi connectivity index (χ3n) is 1.55. The van der Waals surface area contributed by atoms with Crippen molar-refractivity contribution >= 4 is 16.5 Å². The highest BCUT2D eigenvalue weighted by atomic mass is 32.1. The molecule has 0 aliphatic carbocycles. The molecule has 0 saturated carbocycles. The first-order valence-electron chi connectivity index (χ1n) is 3.81. The molecule has 1 rings (SSSR count). The summed E-state index contributed by atoms with van der Waals surface area (Å²) in [4.78, 5) is 15.4. The lowest BCUT2D eigenvalue weighted by molar-refractivity contribution is -0.403. The Morgan fingerprint density at radius 2 is 2.57 bits per heavy atom. The van der Waals surface area contributed by atoms with Crippen molar-refractivity contribution in [3.8, 4) is 0 Å². The Morgan fingerprint density at radius 1 is 1.86 bits per heavy atom. The SMILES string of the molecule is CNC(=C[N+](=O)[O-])N(C)c1nccs1. The maximum absolute atomic E-state index is 10.3. The molecule has 1 aromatic rings. The molecule has 0 fully saturated rings. The highest BCUT2D eigenvalue weighted by molar-refractivity contribution is 7.13. The summed E-state index contributed by atoms with van der Waals surface area (Å²) in [5.41, 5.74) is 0. The Hall–Kier alpha value is -1.63. The van der Waals surface area contributed by atoms with Crippen molar-refractivity contribution in [2.24, 2.45) is 0 Å². The molecule has 1 aromatic heterocycles. The minimum absolute atomic E-state index is 0.393. The standard InChI is InChI=1S/C7H10N4O2S/c1-8-6(5-11(12)13)10(2)7-9-3-4-14-7/h3-5,8H,1-2H3. The molecule has 0 unspecified atom stereocenters. The van der Waals surface area contributed by atoms with Crippen LogP contribution in [0.4, 0.5) is 5.13 Å². The van der Waals surface area contributed by atoms with Gasteiger partial charge in [0, 0.05) is 25.7 Å². The fraction of sp³-hybridized carbons (Fsp3) is 0.286. The fourth-order valence-corrected chi connectivity index (χ4v) is 1.52. The highest BCUT2D eigenvalue weighted by Crippen LogP contribution is 2.18. The van der Waals surface area contributed by atoms with Crippen LogP contribution in [0.2, 0.25) is 0 Å². The van der Waals surface area contributed by atoms with E-state index in [4.69, 9.17) is 0 Å². The summed E-state index contributed by atoms with van der Waals surface area (Å²) >= 11 is 1.41. The van der Waals surface area contributed by atoms with Gasteiger partial charge in [0.15, 0.2) is 11.0 Å². The molecule has 0 aromatic carbocycles. The molecule has 0 radical (unpaired) electrons. The first-order chi connectivity index (χ1) is 6.65. The van der Waals surface area contributed by atoms with Gasteiger partial charge in [0.2, 0.25) is 0 Å². The van der Waals surface area contributed by atoms with Crippen molar-refractivity contribution in [2.75, 3.05) is 19.0 Å². The van der Waals surface area contributed by atoms with E-state index in [0.29, 0.717) is 11.0 Å². The molecule has 0 amide bonds. The Kier molecular flexibility index (Phi) is 3.41. The molecule has 0 atom stereocenters. The smallest absolute Gasteiger partial charge is 0.274 e.